The van der Waals surface area contributed by atoms with E-state index in [1.54, 1.807) is 26.8 Å². The molecule has 0 aromatic heterocycles. The number of hydrogen-bond donors (Lipinski definition) is 2. The SMILES string of the molecule is CC1=CC(C(=O)O)(C(C)(C)C)C(C)=C(I)C1(C)C(=O)O. The molecule has 0 spiro atoms. The van der Waals surface area contributed by atoms with Gasteiger partial charge in [-0.25, -0.2) is 0 Å². The summed E-state index contributed by atoms with van der Waals surface area (Å²) in [7, 11) is 0. The first kappa shape index (κ1) is 17.2. The second-order valence-corrected chi connectivity index (χ2v) is 7.64. The monoisotopic (exact) mass is 392 g/mol. The lowest BCUT2D eigenvalue weighted by Crippen LogP contribution is -2.47. The smallest absolute Gasteiger partial charge is 0.318 e. The molecule has 0 radical (unpaired) electrons. The van der Waals surface area contributed by atoms with Crippen molar-refractivity contribution in [3.63, 3.8) is 0 Å². The Morgan fingerprint density at radius 3 is 1.90 bits per heavy atom. The molecule has 5 heteroatoms. The van der Waals surface area contributed by atoms with Crippen LogP contribution in [0.15, 0.2) is 20.8 Å². The Bertz CT molecular complexity index is 539. The fourth-order valence-electron chi connectivity index (χ4n) is 2.88. The van der Waals surface area contributed by atoms with E-state index in [9.17, 15) is 19.8 Å². The number of carboxylic acid groups (broad SMARTS) is 2. The Balaban J connectivity index is 3.78. The lowest BCUT2D eigenvalue weighted by molar-refractivity contribution is -0.150. The van der Waals surface area contributed by atoms with Gasteiger partial charge in [0.25, 0.3) is 0 Å². The molecule has 20 heavy (non-hydrogen) atoms. The summed E-state index contributed by atoms with van der Waals surface area (Å²) >= 11 is 1.99. The van der Waals surface area contributed by atoms with Crippen LogP contribution in [0.4, 0.5) is 0 Å². The largest absolute Gasteiger partial charge is 0.480 e. The highest BCUT2D eigenvalue weighted by Crippen LogP contribution is 2.57. The molecule has 2 N–H and O–H groups in total. The van der Waals surface area contributed by atoms with E-state index in [-0.39, 0.29) is 0 Å². The van der Waals surface area contributed by atoms with E-state index < -0.39 is 28.2 Å². The van der Waals surface area contributed by atoms with Crippen LogP contribution < -0.4 is 0 Å². The number of hydrogen-bond acceptors (Lipinski definition) is 2. The van der Waals surface area contributed by atoms with Gasteiger partial charge >= 0.3 is 11.9 Å². The van der Waals surface area contributed by atoms with Crippen molar-refractivity contribution < 1.29 is 19.8 Å². The average Bonchev–Trinajstić information content (AvgIpc) is 2.28. The Kier molecular flexibility index (Phi) is 4.18. The molecular weight excluding hydrogens is 371 g/mol. The molecule has 2 unspecified atom stereocenters. The molecule has 0 bridgehead atoms. The minimum absolute atomic E-state index is 0.555. The predicted octanol–water partition coefficient (Wildman–Crippen LogP) is 3.86. The average molecular weight is 392 g/mol. The van der Waals surface area contributed by atoms with Crippen LogP contribution in [-0.2, 0) is 9.59 Å². The molecule has 0 amide bonds. The number of aliphatic carboxylic acids is 2. The van der Waals surface area contributed by atoms with Crippen molar-refractivity contribution >= 4 is 34.5 Å². The van der Waals surface area contributed by atoms with Gasteiger partial charge < -0.3 is 10.2 Å². The van der Waals surface area contributed by atoms with E-state index in [0.29, 0.717) is 14.7 Å². The van der Waals surface area contributed by atoms with E-state index in [1.165, 1.54) is 0 Å². The third kappa shape index (κ3) is 2.01. The second kappa shape index (κ2) is 4.86. The fraction of sp³-hybridized carbons (Fsp3) is 0.600. The fourth-order valence-corrected chi connectivity index (χ4v) is 3.96. The summed E-state index contributed by atoms with van der Waals surface area (Å²) in [4.78, 5) is 23.6. The third-order valence-electron chi connectivity index (χ3n) is 4.53. The minimum Gasteiger partial charge on any atom is -0.480 e. The van der Waals surface area contributed by atoms with E-state index in [4.69, 9.17) is 0 Å². The first-order valence-electron chi connectivity index (χ1n) is 6.37. The molecule has 0 heterocycles. The van der Waals surface area contributed by atoms with Crippen LogP contribution in [0.1, 0.15) is 41.5 Å². The molecular formula is C15H21IO4. The Morgan fingerprint density at radius 2 is 1.60 bits per heavy atom. The van der Waals surface area contributed by atoms with Gasteiger partial charge in [-0.05, 0) is 54.4 Å². The normalized spacial score (nSPS) is 31.1. The van der Waals surface area contributed by atoms with Crippen LogP contribution in [0.25, 0.3) is 0 Å². The number of rotatable bonds is 2. The first-order valence-corrected chi connectivity index (χ1v) is 7.45. The van der Waals surface area contributed by atoms with Crippen molar-refractivity contribution in [3.05, 3.63) is 20.8 Å². The van der Waals surface area contributed by atoms with E-state index in [1.807, 2.05) is 43.4 Å². The summed E-state index contributed by atoms with van der Waals surface area (Å²) in [6.07, 6.45) is 1.63. The van der Waals surface area contributed by atoms with Crippen LogP contribution in [0, 0.1) is 16.2 Å². The third-order valence-corrected chi connectivity index (χ3v) is 6.42. The molecule has 0 aromatic rings. The summed E-state index contributed by atoms with van der Waals surface area (Å²) in [5, 5.41) is 19.4. The molecule has 0 aliphatic heterocycles. The van der Waals surface area contributed by atoms with Crippen LogP contribution in [-0.4, -0.2) is 22.2 Å². The van der Waals surface area contributed by atoms with E-state index in [0.717, 1.165) is 0 Å². The number of carbonyl (C=O) groups is 2. The molecule has 112 valence electrons. The second-order valence-electron chi connectivity index (χ2n) is 6.56. The number of halogens is 1. The highest BCUT2D eigenvalue weighted by atomic mass is 127. The van der Waals surface area contributed by atoms with E-state index >= 15 is 0 Å². The highest BCUT2D eigenvalue weighted by Gasteiger charge is 2.55. The molecule has 1 aliphatic carbocycles. The molecule has 2 atom stereocenters. The zero-order chi connectivity index (χ0) is 16.1. The van der Waals surface area contributed by atoms with Crippen molar-refractivity contribution in [2.45, 2.75) is 41.5 Å². The van der Waals surface area contributed by atoms with Crippen molar-refractivity contribution in [1.82, 2.24) is 0 Å². The Labute approximate surface area is 133 Å². The summed E-state index contributed by atoms with van der Waals surface area (Å²) in [6, 6.07) is 0. The Morgan fingerprint density at radius 1 is 1.15 bits per heavy atom. The zero-order valence-corrected chi connectivity index (χ0v) is 14.8. The van der Waals surface area contributed by atoms with Crippen molar-refractivity contribution in [2.75, 3.05) is 0 Å². The van der Waals surface area contributed by atoms with Gasteiger partial charge in [-0.2, -0.15) is 0 Å². The lowest BCUT2D eigenvalue weighted by Gasteiger charge is -2.46. The van der Waals surface area contributed by atoms with Crippen molar-refractivity contribution in [2.24, 2.45) is 16.2 Å². The number of carboxylic acids is 2. The topological polar surface area (TPSA) is 74.6 Å². The van der Waals surface area contributed by atoms with Gasteiger partial charge in [0.2, 0.25) is 0 Å². The molecule has 1 rings (SSSR count). The van der Waals surface area contributed by atoms with Gasteiger partial charge in [0.15, 0.2) is 0 Å². The highest BCUT2D eigenvalue weighted by molar-refractivity contribution is 14.1. The van der Waals surface area contributed by atoms with Gasteiger partial charge in [-0.3, -0.25) is 9.59 Å². The van der Waals surface area contributed by atoms with Crippen LogP contribution in [0.5, 0.6) is 0 Å². The van der Waals surface area contributed by atoms with Crippen molar-refractivity contribution in [1.29, 1.82) is 0 Å². The quantitative estimate of drug-likeness (QED) is 0.553. The molecule has 4 nitrogen and oxygen atoms in total. The van der Waals surface area contributed by atoms with Crippen LogP contribution >= 0.6 is 22.6 Å². The molecule has 0 saturated carbocycles. The summed E-state index contributed by atoms with van der Waals surface area (Å²) < 4.78 is 0.583. The molecule has 0 fully saturated rings. The van der Waals surface area contributed by atoms with Gasteiger partial charge in [0.05, 0.1) is 0 Å². The summed E-state index contributed by atoms with van der Waals surface area (Å²) in [5.74, 6) is -1.90. The lowest BCUT2D eigenvalue weighted by atomic mass is 9.57. The Hall–Kier alpha value is -0.850. The van der Waals surface area contributed by atoms with Gasteiger partial charge in [0, 0.05) is 3.58 Å². The molecule has 1 aliphatic rings. The maximum Gasteiger partial charge on any atom is 0.318 e. The van der Waals surface area contributed by atoms with E-state index in [2.05, 4.69) is 0 Å². The zero-order valence-electron chi connectivity index (χ0n) is 12.7. The summed E-state index contributed by atoms with van der Waals surface area (Å²) in [6.45, 7) is 10.6. The van der Waals surface area contributed by atoms with Crippen molar-refractivity contribution in [3.8, 4) is 0 Å². The molecule has 0 aromatic carbocycles. The van der Waals surface area contributed by atoms with Crippen LogP contribution in [0.3, 0.4) is 0 Å². The van der Waals surface area contributed by atoms with Gasteiger partial charge in [0.1, 0.15) is 10.8 Å². The standard InChI is InChI=1S/C15H21IO4/c1-8-7-15(12(19)20,13(3,4)5)9(2)10(16)14(8,6)11(17)18/h7H,1-6H3,(H,17,18)(H,19,20). The van der Waals surface area contributed by atoms with Gasteiger partial charge in [-0.15, -0.1) is 0 Å². The first-order chi connectivity index (χ1) is 8.83. The molecule has 0 saturated heterocycles. The minimum atomic E-state index is -1.18. The van der Waals surface area contributed by atoms with Gasteiger partial charge in [-0.1, -0.05) is 32.4 Å². The van der Waals surface area contributed by atoms with Crippen LogP contribution in [0.2, 0.25) is 0 Å². The maximum atomic E-state index is 12.0. The maximum absolute atomic E-state index is 12.0. The predicted molar refractivity (Wildman–Crippen MR) is 85.7 cm³/mol. The summed E-state index contributed by atoms with van der Waals surface area (Å²) in [5.41, 5.74) is -1.70.